The Labute approximate surface area is 195 Å². The van der Waals surface area contributed by atoms with Gasteiger partial charge >= 0.3 is 12.6 Å². The molecule has 0 bridgehead atoms. The Morgan fingerprint density at radius 3 is 2.88 bits per heavy atom. The predicted octanol–water partition coefficient (Wildman–Crippen LogP) is 2.42. The van der Waals surface area contributed by atoms with E-state index in [-0.39, 0.29) is 29.4 Å². The summed E-state index contributed by atoms with van der Waals surface area (Å²) in [5.41, 5.74) is 2.55. The average Bonchev–Trinajstić information content (AvgIpc) is 3.14. The predicted molar refractivity (Wildman–Crippen MR) is 118 cm³/mol. The number of pyridine rings is 2. The maximum Gasteiger partial charge on any atom is 0.433 e. The van der Waals surface area contributed by atoms with Crippen LogP contribution in [0.25, 0.3) is 0 Å². The first-order chi connectivity index (χ1) is 16.4. The number of nitrogens with zero attached hydrogens (tertiary/aromatic N) is 4. The molecule has 0 saturated heterocycles. The Hall–Kier alpha value is -3.60. The number of anilines is 1. The Kier molecular flexibility index (Phi) is 7.01. The number of carbonyl (C=O) groups excluding carboxylic acids is 2. The fourth-order valence-electron chi connectivity index (χ4n) is 4.22. The maximum absolute atomic E-state index is 13.4. The van der Waals surface area contributed by atoms with Crippen molar-refractivity contribution in [2.75, 3.05) is 25.0 Å². The minimum atomic E-state index is -3.01. The third kappa shape index (κ3) is 5.14. The monoisotopic (exact) mass is 473 g/mol. The van der Waals surface area contributed by atoms with E-state index in [1.807, 2.05) is 6.07 Å². The van der Waals surface area contributed by atoms with E-state index >= 15 is 0 Å². The van der Waals surface area contributed by atoms with Crippen molar-refractivity contribution in [3.63, 3.8) is 0 Å². The number of ether oxygens (including phenoxy) is 1. The van der Waals surface area contributed by atoms with Gasteiger partial charge in [0.2, 0.25) is 5.88 Å². The van der Waals surface area contributed by atoms with Crippen molar-refractivity contribution < 1.29 is 28.2 Å². The number of amides is 2. The van der Waals surface area contributed by atoms with Crippen LogP contribution in [0.5, 0.6) is 5.88 Å². The van der Waals surface area contributed by atoms with Crippen molar-refractivity contribution in [1.82, 2.24) is 19.4 Å². The lowest BCUT2D eigenvalue weighted by atomic mass is 10.1. The number of fused-ring (bicyclic) bond motifs is 1. The highest BCUT2D eigenvalue weighted by molar-refractivity contribution is 5.92. The first kappa shape index (κ1) is 23.6. The molecule has 2 aliphatic rings. The summed E-state index contributed by atoms with van der Waals surface area (Å²) < 4.78 is 29.0. The van der Waals surface area contributed by atoms with Crippen LogP contribution in [0.1, 0.15) is 30.5 Å². The molecule has 34 heavy (non-hydrogen) atoms. The van der Waals surface area contributed by atoms with Gasteiger partial charge in [0.05, 0.1) is 18.9 Å². The fraction of sp³-hybridized carbons (Fsp3) is 0.391. The molecule has 1 atom stereocenters. The molecule has 180 valence electrons. The van der Waals surface area contributed by atoms with Crippen molar-refractivity contribution >= 4 is 23.5 Å². The van der Waals surface area contributed by atoms with Gasteiger partial charge in [-0.1, -0.05) is 6.07 Å². The summed E-state index contributed by atoms with van der Waals surface area (Å²) in [5.74, 6) is -0.613. The van der Waals surface area contributed by atoms with Gasteiger partial charge in [-0.3, -0.25) is 4.90 Å². The molecule has 9 nitrogen and oxygen atoms in total. The lowest BCUT2D eigenvalue weighted by Gasteiger charge is -2.29. The van der Waals surface area contributed by atoms with E-state index in [1.165, 1.54) is 35.0 Å². The molecule has 0 aliphatic carbocycles. The Bertz CT molecular complexity index is 1080. The summed E-state index contributed by atoms with van der Waals surface area (Å²) in [7, 11) is 0. The summed E-state index contributed by atoms with van der Waals surface area (Å²) in [5, 5.41) is 14.2. The molecule has 1 unspecified atom stereocenters. The number of halogens is 2. The third-order valence-electron chi connectivity index (χ3n) is 5.93. The van der Waals surface area contributed by atoms with Gasteiger partial charge in [-0.15, -0.1) is 0 Å². The van der Waals surface area contributed by atoms with Crippen molar-refractivity contribution in [2.24, 2.45) is 0 Å². The summed E-state index contributed by atoms with van der Waals surface area (Å²) in [6.07, 6.45) is 7.49. The second-order valence-corrected chi connectivity index (χ2v) is 8.17. The van der Waals surface area contributed by atoms with Crippen LogP contribution in [0.3, 0.4) is 0 Å². The van der Waals surface area contributed by atoms with Crippen molar-refractivity contribution in [3.8, 4) is 5.88 Å². The van der Waals surface area contributed by atoms with E-state index in [0.717, 1.165) is 30.9 Å². The van der Waals surface area contributed by atoms with E-state index in [0.29, 0.717) is 25.1 Å². The number of aromatic nitrogens is 2. The van der Waals surface area contributed by atoms with Gasteiger partial charge in [0.25, 0.3) is 0 Å². The molecule has 11 heteroatoms. The van der Waals surface area contributed by atoms with E-state index in [2.05, 4.69) is 21.1 Å². The highest BCUT2D eigenvalue weighted by Crippen LogP contribution is 2.32. The molecule has 2 amide bonds. The minimum Gasteiger partial charge on any atom is -0.550 e. The fourth-order valence-corrected chi connectivity index (χ4v) is 4.22. The van der Waals surface area contributed by atoms with E-state index < -0.39 is 12.6 Å². The van der Waals surface area contributed by atoms with Gasteiger partial charge in [-0.2, -0.15) is 13.3 Å². The zero-order valence-electron chi connectivity index (χ0n) is 18.5. The Morgan fingerprint density at radius 2 is 2.15 bits per heavy atom. The number of nitrogens with one attached hydrogen (secondary N) is 1. The zero-order valence-corrected chi connectivity index (χ0v) is 18.5. The number of carboxylic acid groups (broad SMARTS) is 1. The highest BCUT2D eigenvalue weighted by Gasteiger charge is 2.45. The molecule has 0 aromatic carbocycles. The summed E-state index contributed by atoms with van der Waals surface area (Å²) in [4.78, 5) is 34.2. The van der Waals surface area contributed by atoms with Gasteiger partial charge in [0.1, 0.15) is 12.0 Å². The van der Waals surface area contributed by atoms with Gasteiger partial charge in [-0.05, 0) is 30.9 Å². The Morgan fingerprint density at radius 1 is 1.29 bits per heavy atom. The second kappa shape index (κ2) is 10.1. The molecule has 1 N–H and O–H groups in total. The van der Waals surface area contributed by atoms with Gasteiger partial charge in [0.15, 0.2) is 5.69 Å². The van der Waals surface area contributed by atoms with Crippen LogP contribution in [0.2, 0.25) is 0 Å². The molecule has 0 spiro atoms. The molecule has 2 aromatic rings. The van der Waals surface area contributed by atoms with Crippen LogP contribution in [0, 0.1) is 0 Å². The number of quaternary nitrogens is 1. The quantitative estimate of drug-likeness (QED) is 0.528. The van der Waals surface area contributed by atoms with E-state index in [9.17, 15) is 23.5 Å². The number of hydrogen-bond donors (Lipinski definition) is 1. The van der Waals surface area contributed by atoms with Crippen LogP contribution in [-0.4, -0.2) is 53.1 Å². The summed E-state index contributed by atoms with van der Waals surface area (Å²) >= 11 is 0. The van der Waals surface area contributed by atoms with Crippen LogP contribution in [-0.2, 0) is 17.6 Å². The van der Waals surface area contributed by atoms with Gasteiger partial charge in [-0.25, -0.2) is 14.8 Å². The normalized spacial score (nSPS) is 19.3. The largest absolute Gasteiger partial charge is 0.550 e. The van der Waals surface area contributed by atoms with E-state index in [1.54, 1.807) is 6.20 Å². The summed E-state index contributed by atoms with van der Waals surface area (Å²) in [6.45, 7) is -1.80. The standard InChI is InChI=1S/C23H25F2N5O4/c24-22(25)34-19-8-7-18(15-27-19)30(14-12-29(23(30)33)11-9-20(31)32)13-2-4-17-6-5-16-3-1-10-26-21(16)28-17/h5-8,12,14-15,22H,1-4,9-11,13H2,(H-,26,28,31,32). The molecule has 4 heterocycles. The molecular formula is C23H25F2N5O4. The number of alkyl halides is 2. The summed E-state index contributed by atoms with van der Waals surface area (Å²) in [6, 6.07) is 6.50. The molecule has 2 aromatic heterocycles. The number of hydrogen-bond acceptors (Lipinski definition) is 7. The van der Waals surface area contributed by atoms with Crippen molar-refractivity contribution in [3.05, 3.63) is 54.1 Å². The molecule has 4 rings (SSSR count). The first-order valence-electron chi connectivity index (χ1n) is 11.1. The highest BCUT2D eigenvalue weighted by atomic mass is 19.3. The first-order valence-corrected chi connectivity index (χ1v) is 11.1. The number of carboxylic acids is 1. The molecule has 0 fully saturated rings. The van der Waals surface area contributed by atoms with Gasteiger partial charge in [0, 0.05) is 49.7 Å². The molecule has 0 radical (unpaired) electrons. The number of carbonyl (C=O) groups is 2. The van der Waals surface area contributed by atoms with Crippen LogP contribution in [0.4, 0.5) is 25.1 Å². The SMILES string of the molecule is O=C([O-])CCN1C=C[N+](CCCc2ccc3c(n2)NCCC3)(c2ccc(OC(F)F)nc2)C1=O. The Balaban J connectivity index is 1.52. The van der Waals surface area contributed by atoms with Crippen LogP contribution < -0.4 is 19.6 Å². The second-order valence-electron chi connectivity index (χ2n) is 8.17. The van der Waals surface area contributed by atoms with E-state index in [4.69, 9.17) is 4.98 Å². The van der Waals surface area contributed by atoms with Crippen LogP contribution in [0.15, 0.2) is 42.9 Å². The maximum atomic E-state index is 13.4. The lowest BCUT2D eigenvalue weighted by Crippen LogP contribution is -2.51. The average molecular weight is 473 g/mol. The third-order valence-corrected chi connectivity index (χ3v) is 5.93. The van der Waals surface area contributed by atoms with Gasteiger partial charge < -0.3 is 20.0 Å². The van der Waals surface area contributed by atoms with Crippen LogP contribution >= 0.6 is 0 Å². The van der Waals surface area contributed by atoms with Crippen molar-refractivity contribution in [1.29, 1.82) is 0 Å². The number of aryl methyl sites for hydroxylation is 2. The topological polar surface area (TPSA) is 107 Å². The number of rotatable bonds is 10. The lowest BCUT2D eigenvalue weighted by molar-refractivity contribution is -0.305. The minimum absolute atomic E-state index is 0.0320. The molecule has 2 aliphatic heterocycles. The number of aliphatic carboxylic acids is 1. The smallest absolute Gasteiger partial charge is 0.433 e. The number of urea groups is 1. The zero-order chi connectivity index (χ0) is 24.1. The molecular weight excluding hydrogens is 448 g/mol. The molecule has 0 saturated carbocycles. The van der Waals surface area contributed by atoms with Crippen molar-refractivity contribution in [2.45, 2.75) is 38.7 Å².